The minimum Gasteiger partial charge on any atom is -0.497 e. The van der Waals surface area contributed by atoms with E-state index in [1.165, 1.54) is 48.0 Å². The number of carbonyl (C=O) groups excluding carboxylic acids is 2. The summed E-state index contributed by atoms with van der Waals surface area (Å²) in [6, 6.07) is 14.2. The SMILES string of the molecule is C=C(OC(C)(C)C)N1CCC(CN2CCN(c3ccc(CCCC(=O)N(Cc4ccc(OC)cc4)C(C)=O)c(C)c3)CC2)CC1. The molecular weight excluding hydrogens is 564 g/mol. The Hall–Kier alpha value is -3.52. The van der Waals surface area contributed by atoms with Gasteiger partial charge in [0.15, 0.2) is 5.88 Å². The zero-order chi connectivity index (χ0) is 32.6. The second-order valence-corrected chi connectivity index (χ2v) is 13.6. The summed E-state index contributed by atoms with van der Waals surface area (Å²) in [4.78, 5) is 34.0. The lowest BCUT2D eigenvalue weighted by molar-refractivity contribution is -0.144. The molecule has 2 aliphatic rings. The number of hydrogen-bond donors (Lipinski definition) is 0. The van der Waals surface area contributed by atoms with Crippen molar-refractivity contribution in [3.8, 4) is 5.75 Å². The van der Waals surface area contributed by atoms with Crippen LogP contribution in [0.25, 0.3) is 0 Å². The maximum Gasteiger partial charge on any atom is 0.229 e. The molecule has 0 aromatic heterocycles. The van der Waals surface area contributed by atoms with Crippen LogP contribution in [-0.4, -0.2) is 85.0 Å². The van der Waals surface area contributed by atoms with E-state index in [1.807, 2.05) is 24.3 Å². The number of hydrogen-bond acceptors (Lipinski definition) is 7. The van der Waals surface area contributed by atoms with Crippen molar-refractivity contribution in [1.82, 2.24) is 14.7 Å². The smallest absolute Gasteiger partial charge is 0.229 e. The van der Waals surface area contributed by atoms with Crippen molar-refractivity contribution in [1.29, 1.82) is 0 Å². The lowest BCUT2D eigenvalue weighted by atomic mass is 9.96. The van der Waals surface area contributed by atoms with Crippen molar-refractivity contribution in [2.45, 2.75) is 78.9 Å². The Bertz CT molecular complexity index is 1290. The van der Waals surface area contributed by atoms with Crippen molar-refractivity contribution >= 4 is 17.5 Å². The standard InChI is InChI=1S/C37H54N4O4/c1-28-25-34(40-23-21-38(22-24-40)26-32-17-19-39(20-18-32)30(3)45-37(4,5)6)14-13-33(28)9-8-10-36(43)41(29(2)42)27-31-11-15-35(44-7)16-12-31/h11-16,25,32H,3,8-10,17-24,26-27H2,1-2,4-7H3. The number of carbonyl (C=O) groups is 2. The Kier molecular flexibility index (Phi) is 12.0. The third kappa shape index (κ3) is 10.2. The van der Waals surface area contributed by atoms with Crippen LogP contribution in [0.15, 0.2) is 54.9 Å². The molecule has 0 spiro atoms. The van der Waals surface area contributed by atoms with E-state index in [-0.39, 0.29) is 24.0 Å². The van der Waals surface area contributed by atoms with Gasteiger partial charge in [-0.1, -0.05) is 18.2 Å². The van der Waals surface area contributed by atoms with Crippen molar-refractivity contribution in [2.75, 3.05) is 57.8 Å². The van der Waals surface area contributed by atoms with E-state index in [2.05, 4.69) is 67.2 Å². The van der Waals surface area contributed by atoms with Gasteiger partial charge in [-0.2, -0.15) is 0 Å². The molecule has 4 rings (SSSR count). The molecule has 2 heterocycles. The number of imide groups is 1. The summed E-state index contributed by atoms with van der Waals surface area (Å²) in [5.41, 5.74) is 4.50. The van der Waals surface area contributed by atoms with Gasteiger partial charge in [-0.15, -0.1) is 0 Å². The molecule has 0 saturated carbocycles. The Morgan fingerprint density at radius 2 is 1.64 bits per heavy atom. The monoisotopic (exact) mass is 618 g/mol. The van der Waals surface area contributed by atoms with Crippen molar-refractivity contribution in [3.63, 3.8) is 0 Å². The highest BCUT2D eigenvalue weighted by Crippen LogP contribution is 2.26. The van der Waals surface area contributed by atoms with E-state index < -0.39 is 0 Å². The van der Waals surface area contributed by atoms with Crippen molar-refractivity contribution in [2.24, 2.45) is 5.92 Å². The summed E-state index contributed by atoms with van der Waals surface area (Å²) >= 11 is 0. The van der Waals surface area contributed by atoms with Crippen LogP contribution in [0.2, 0.25) is 0 Å². The summed E-state index contributed by atoms with van der Waals surface area (Å²) in [7, 11) is 1.62. The van der Waals surface area contributed by atoms with E-state index in [0.29, 0.717) is 12.8 Å². The first-order valence-corrected chi connectivity index (χ1v) is 16.6. The molecule has 0 atom stereocenters. The fraction of sp³-hybridized carbons (Fsp3) is 0.568. The largest absolute Gasteiger partial charge is 0.497 e. The highest BCUT2D eigenvalue weighted by molar-refractivity contribution is 5.94. The Balaban J connectivity index is 1.19. The van der Waals surface area contributed by atoms with Gasteiger partial charge < -0.3 is 19.3 Å². The van der Waals surface area contributed by atoms with E-state index in [9.17, 15) is 9.59 Å². The molecule has 0 unspecified atom stereocenters. The lowest BCUT2D eigenvalue weighted by Gasteiger charge is -2.40. The number of nitrogens with zero attached hydrogens (tertiary/aromatic N) is 4. The number of aryl methyl sites for hydroxylation is 2. The number of methoxy groups -OCH3 is 1. The Labute approximate surface area is 271 Å². The van der Waals surface area contributed by atoms with Crippen LogP contribution in [0, 0.1) is 12.8 Å². The number of rotatable bonds is 12. The van der Waals surface area contributed by atoms with Crippen LogP contribution in [0.5, 0.6) is 5.75 Å². The van der Waals surface area contributed by atoms with Crippen LogP contribution in [-0.2, 0) is 27.3 Å². The predicted molar refractivity (Wildman–Crippen MR) is 181 cm³/mol. The van der Waals surface area contributed by atoms with Crippen LogP contribution < -0.4 is 9.64 Å². The average molecular weight is 619 g/mol. The third-order valence-electron chi connectivity index (χ3n) is 8.99. The molecule has 2 saturated heterocycles. The maximum absolute atomic E-state index is 12.9. The molecule has 2 fully saturated rings. The molecule has 0 radical (unpaired) electrons. The van der Waals surface area contributed by atoms with Crippen LogP contribution in [0.3, 0.4) is 0 Å². The number of ether oxygens (including phenoxy) is 2. The van der Waals surface area contributed by atoms with Gasteiger partial charge >= 0.3 is 0 Å². The second kappa shape index (κ2) is 15.7. The normalized spacial score (nSPS) is 16.4. The summed E-state index contributed by atoms with van der Waals surface area (Å²) in [5.74, 6) is 1.93. The fourth-order valence-electron chi connectivity index (χ4n) is 6.35. The highest BCUT2D eigenvalue weighted by atomic mass is 16.5. The molecule has 2 aromatic carbocycles. The number of likely N-dealkylation sites (tertiary alicyclic amines) is 1. The molecule has 2 amide bonds. The summed E-state index contributed by atoms with van der Waals surface area (Å²) in [5, 5.41) is 0. The zero-order valence-corrected chi connectivity index (χ0v) is 28.4. The second-order valence-electron chi connectivity index (χ2n) is 13.6. The number of amides is 2. The third-order valence-corrected chi connectivity index (χ3v) is 8.99. The van der Waals surface area contributed by atoms with Gasteiger partial charge in [0.05, 0.1) is 13.7 Å². The minimum atomic E-state index is -0.227. The van der Waals surface area contributed by atoms with Gasteiger partial charge in [0, 0.05) is 64.8 Å². The number of benzene rings is 2. The molecule has 45 heavy (non-hydrogen) atoms. The zero-order valence-electron chi connectivity index (χ0n) is 28.4. The molecular formula is C37H54N4O4. The van der Waals surface area contributed by atoms with Gasteiger partial charge in [-0.3, -0.25) is 19.4 Å². The molecule has 8 nitrogen and oxygen atoms in total. The van der Waals surface area contributed by atoms with E-state index in [4.69, 9.17) is 9.47 Å². The molecule has 0 N–H and O–H groups in total. The van der Waals surface area contributed by atoms with Gasteiger partial charge in [0.1, 0.15) is 11.4 Å². The van der Waals surface area contributed by atoms with Crippen LogP contribution in [0.4, 0.5) is 5.69 Å². The van der Waals surface area contributed by atoms with Gasteiger partial charge in [0.2, 0.25) is 11.8 Å². The molecule has 0 bridgehead atoms. The highest BCUT2D eigenvalue weighted by Gasteiger charge is 2.26. The average Bonchev–Trinajstić information content (AvgIpc) is 3.00. The molecule has 246 valence electrons. The fourth-order valence-corrected chi connectivity index (χ4v) is 6.35. The Morgan fingerprint density at radius 3 is 2.22 bits per heavy atom. The molecule has 8 heteroatoms. The Morgan fingerprint density at radius 1 is 0.978 bits per heavy atom. The number of piperazine rings is 1. The summed E-state index contributed by atoms with van der Waals surface area (Å²) < 4.78 is 11.2. The molecule has 0 aliphatic carbocycles. The lowest BCUT2D eigenvalue weighted by Crippen LogP contribution is -2.49. The van der Waals surface area contributed by atoms with E-state index >= 15 is 0 Å². The van der Waals surface area contributed by atoms with Crippen LogP contribution >= 0.6 is 0 Å². The number of piperidine rings is 1. The number of anilines is 1. The summed E-state index contributed by atoms with van der Waals surface area (Å²) in [6.45, 7) is 21.8. The predicted octanol–water partition coefficient (Wildman–Crippen LogP) is 6.02. The van der Waals surface area contributed by atoms with Crippen LogP contribution in [0.1, 0.15) is 70.1 Å². The molecule has 2 aromatic rings. The molecule has 2 aliphatic heterocycles. The van der Waals surface area contributed by atoms with E-state index in [1.54, 1.807) is 7.11 Å². The first-order valence-electron chi connectivity index (χ1n) is 16.6. The van der Waals surface area contributed by atoms with Gasteiger partial charge in [-0.05, 0) is 107 Å². The first kappa shape index (κ1) is 34.4. The van der Waals surface area contributed by atoms with Gasteiger partial charge in [0.25, 0.3) is 0 Å². The summed E-state index contributed by atoms with van der Waals surface area (Å²) in [6.07, 6.45) is 4.25. The first-order chi connectivity index (χ1) is 21.4. The van der Waals surface area contributed by atoms with Crippen molar-refractivity contribution in [3.05, 3.63) is 71.6 Å². The van der Waals surface area contributed by atoms with E-state index in [0.717, 1.165) is 68.8 Å². The minimum absolute atomic E-state index is 0.129. The maximum atomic E-state index is 12.9. The topological polar surface area (TPSA) is 65.6 Å². The van der Waals surface area contributed by atoms with Crippen molar-refractivity contribution < 1.29 is 19.1 Å². The quantitative estimate of drug-likeness (QED) is 0.270. The van der Waals surface area contributed by atoms with Gasteiger partial charge in [-0.25, -0.2) is 0 Å².